The highest BCUT2D eigenvalue weighted by Crippen LogP contribution is 2.29. The van der Waals surface area contributed by atoms with E-state index in [-0.39, 0.29) is 0 Å². The number of carbonyl (C=O) groups excluding carboxylic acids is 3. The largest absolute Gasteiger partial charge is 0.454 e. The number of benzene rings is 3. The number of carbonyl (C=O) groups is 3. The van der Waals surface area contributed by atoms with Crippen molar-refractivity contribution in [2.24, 2.45) is 0 Å². The van der Waals surface area contributed by atoms with Crippen LogP contribution in [0.4, 0.5) is 5.82 Å². The van der Waals surface area contributed by atoms with Crippen molar-refractivity contribution in [1.82, 2.24) is 15.1 Å². The van der Waals surface area contributed by atoms with Gasteiger partial charge in [-0.2, -0.15) is 5.10 Å². The summed E-state index contributed by atoms with van der Waals surface area (Å²) in [7, 11) is 0. The maximum atomic E-state index is 12.8. The lowest BCUT2D eigenvalue weighted by molar-refractivity contribution is -0.148. The molecule has 4 aromatic rings. The molecular weight excluding hydrogens is 480 g/mol. The molecule has 0 bridgehead atoms. The van der Waals surface area contributed by atoms with E-state index in [1.807, 2.05) is 44.2 Å². The number of esters is 1. The summed E-state index contributed by atoms with van der Waals surface area (Å²) in [6, 6.07) is 23.1. The zero-order valence-corrected chi connectivity index (χ0v) is 21.8. The van der Waals surface area contributed by atoms with Crippen LogP contribution in [0.2, 0.25) is 0 Å². The number of amides is 2. The number of nitrogens with zero attached hydrogens (tertiary/aromatic N) is 2. The van der Waals surface area contributed by atoms with Crippen molar-refractivity contribution in [2.45, 2.75) is 33.7 Å². The molecule has 0 aliphatic heterocycles. The number of aryl methyl sites for hydroxylation is 3. The van der Waals surface area contributed by atoms with Gasteiger partial charge in [-0.05, 0) is 74.7 Å². The van der Waals surface area contributed by atoms with E-state index in [0.717, 1.165) is 22.4 Å². The van der Waals surface area contributed by atoms with Crippen LogP contribution in [-0.4, -0.2) is 40.2 Å². The summed E-state index contributed by atoms with van der Waals surface area (Å²) in [4.78, 5) is 37.5. The minimum absolute atomic E-state index is 0.402. The third-order valence-electron chi connectivity index (χ3n) is 6.18. The second-order valence-corrected chi connectivity index (χ2v) is 9.13. The van der Waals surface area contributed by atoms with Gasteiger partial charge in [0.05, 0.1) is 11.4 Å². The molecule has 194 valence electrons. The fraction of sp³-hybridized carbons (Fsp3) is 0.200. The predicted molar refractivity (Wildman–Crippen MR) is 146 cm³/mol. The smallest absolute Gasteiger partial charge is 0.328 e. The summed E-state index contributed by atoms with van der Waals surface area (Å²) in [6.07, 6.45) is 0. The molecule has 2 N–H and O–H groups in total. The monoisotopic (exact) mass is 510 g/mol. The Morgan fingerprint density at radius 3 is 2.18 bits per heavy atom. The van der Waals surface area contributed by atoms with Crippen molar-refractivity contribution in [1.29, 1.82) is 0 Å². The third-order valence-corrected chi connectivity index (χ3v) is 6.18. The van der Waals surface area contributed by atoms with Crippen LogP contribution < -0.4 is 10.6 Å². The van der Waals surface area contributed by atoms with Gasteiger partial charge in [-0.3, -0.25) is 9.59 Å². The number of hydrogen-bond donors (Lipinski definition) is 2. The molecule has 38 heavy (non-hydrogen) atoms. The number of nitrogens with one attached hydrogen (secondary N) is 2. The van der Waals surface area contributed by atoms with Gasteiger partial charge in [0.2, 0.25) is 0 Å². The lowest BCUT2D eigenvalue weighted by Crippen LogP contribution is -2.40. The van der Waals surface area contributed by atoms with Crippen LogP contribution >= 0.6 is 0 Å². The normalized spacial score (nSPS) is 11.5. The Morgan fingerprint density at radius 2 is 1.50 bits per heavy atom. The van der Waals surface area contributed by atoms with Crippen LogP contribution in [0.15, 0.2) is 78.9 Å². The van der Waals surface area contributed by atoms with E-state index in [4.69, 9.17) is 9.84 Å². The summed E-state index contributed by atoms with van der Waals surface area (Å²) in [6.45, 7) is 7.13. The first kappa shape index (κ1) is 26.3. The molecule has 1 unspecified atom stereocenters. The van der Waals surface area contributed by atoms with Crippen LogP contribution in [0, 0.1) is 20.8 Å². The highest BCUT2D eigenvalue weighted by molar-refractivity contribution is 5.97. The molecule has 3 aromatic carbocycles. The number of hydrogen-bond acceptors (Lipinski definition) is 5. The van der Waals surface area contributed by atoms with Gasteiger partial charge in [-0.1, -0.05) is 42.5 Å². The van der Waals surface area contributed by atoms with Gasteiger partial charge >= 0.3 is 5.97 Å². The van der Waals surface area contributed by atoms with Crippen LogP contribution in [0.25, 0.3) is 16.9 Å². The maximum absolute atomic E-state index is 12.8. The molecule has 1 heterocycles. The lowest BCUT2D eigenvalue weighted by atomic mass is 9.99. The molecule has 0 spiro atoms. The molecule has 0 aliphatic rings. The molecule has 0 radical (unpaired) electrons. The summed E-state index contributed by atoms with van der Waals surface area (Å²) in [5.74, 6) is -1.21. The zero-order chi connectivity index (χ0) is 27.2. The summed E-state index contributed by atoms with van der Waals surface area (Å²) in [5, 5.41) is 10.1. The fourth-order valence-electron chi connectivity index (χ4n) is 3.97. The molecule has 1 aromatic heterocycles. The highest BCUT2D eigenvalue weighted by atomic mass is 16.5. The van der Waals surface area contributed by atoms with Gasteiger partial charge < -0.3 is 15.4 Å². The summed E-state index contributed by atoms with van der Waals surface area (Å²) < 4.78 is 6.81. The van der Waals surface area contributed by atoms with Gasteiger partial charge in [0.1, 0.15) is 11.9 Å². The Kier molecular flexibility index (Phi) is 8.01. The molecule has 0 saturated heterocycles. The Bertz CT molecular complexity index is 1460. The summed E-state index contributed by atoms with van der Waals surface area (Å²) >= 11 is 0. The second kappa shape index (κ2) is 11.6. The topological polar surface area (TPSA) is 102 Å². The molecule has 0 aliphatic carbocycles. The summed E-state index contributed by atoms with van der Waals surface area (Å²) in [5.41, 5.74) is 6.28. The van der Waals surface area contributed by atoms with Crippen molar-refractivity contribution >= 4 is 23.6 Å². The van der Waals surface area contributed by atoms with Crippen molar-refractivity contribution in [3.05, 3.63) is 101 Å². The van der Waals surface area contributed by atoms with E-state index in [0.29, 0.717) is 17.1 Å². The first-order chi connectivity index (χ1) is 18.2. The second-order valence-electron chi connectivity index (χ2n) is 9.13. The first-order valence-electron chi connectivity index (χ1n) is 12.3. The van der Waals surface area contributed by atoms with Gasteiger partial charge in [0.15, 0.2) is 6.61 Å². The van der Waals surface area contributed by atoms with Gasteiger partial charge in [0.25, 0.3) is 11.8 Å². The van der Waals surface area contributed by atoms with Gasteiger partial charge in [-0.25, -0.2) is 9.48 Å². The van der Waals surface area contributed by atoms with Crippen LogP contribution in [0.1, 0.15) is 34.0 Å². The van der Waals surface area contributed by atoms with Crippen LogP contribution in [0.3, 0.4) is 0 Å². The average molecular weight is 511 g/mol. The quantitative estimate of drug-likeness (QED) is 0.333. The molecule has 8 nitrogen and oxygen atoms in total. The molecule has 1 atom stereocenters. The van der Waals surface area contributed by atoms with E-state index in [9.17, 15) is 14.4 Å². The van der Waals surface area contributed by atoms with E-state index < -0.39 is 30.4 Å². The van der Waals surface area contributed by atoms with Crippen molar-refractivity contribution in [3.8, 4) is 16.9 Å². The number of para-hydroxylation sites is 1. The van der Waals surface area contributed by atoms with Crippen LogP contribution in [0.5, 0.6) is 0 Å². The maximum Gasteiger partial charge on any atom is 0.328 e. The third kappa shape index (κ3) is 6.15. The van der Waals surface area contributed by atoms with Crippen molar-refractivity contribution in [3.63, 3.8) is 0 Å². The number of ether oxygens (including phenoxy) is 1. The molecular formula is C30H30N4O4. The molecule has 2 amide bonds. The van der Waals surface area contributed by atoms with Gasteiger partial charge in [0, 0.05) is 17.2 Å². The number of aromatic nitrogens is 2. The standard InChI is InChI=1S/C30H30N4O4/c1-19-15-21(3)25(16-20(19)2)26-17-27(34(33-26)24-13-9-6-10-14-24)32-28(35)18-38-30(37)22(4)31-29(36)23-11-7-5-8-12-23/h5-17,22H,18H2,1-4H3,(H,31,36)(H,32,35). The van der Waals surface area contributed by atoms with E-state index in [1.54, 1.807) is 41.1 Å². The van der Waals surface area contributed by atoms with Crippen molar-refractivity contribution in [2.75, 3.05) is 11.9 Å². The van der Waals surface area contributed by atoms with Crippen molar-refractivity contribution < 1.29 is 19.1 Å². The molecule has 8 heteroatoms. The Labute approximate surface area is 221 Å². The Hall–Kier alpha value is -4.72. The Morgan fingerprint density at radius 1 is 0.868 bits per heavy atom. The molecule has 0 fully saturated rings. The predicted octanol–water partition coefficient (Wildman–Crippen LogP) is 4.76. The molecule has 4 rings (SSSR count). The lowest BCUT2D eigenvalue weighted by Gasteiger charge is -2.13. The Balaban J connectivity index is 1.47. The van der Waals surface area contributed by atoms with E-state index in [1.165, 1.54) is 12.5 Å². The number of rotatable bonds is 8. The van der Waals surface area contributed by atoms with Crippen LogP contribution in [-0.2, 0) is 14.3 Å². The SMILES string of the molecule is Cc1cc(C)c(-c2cc(NC(=O)COC(=O)C(C)NC(=O)c3ccccc3)n(-c3ccccc3)n2)cc1C. The average Bonchev–Trinajstić information content (AvgIpc) is 3.33. The van der Waals surface area contributed by atoms with Gasteiger partial charge in [-0.15, -0.1) is 0 Å². The number of anilines is 1. The van der Waals surface area contributed by atoms with E-state index >= 15 is 0 Å². The minimum atomic E-state index is -0.926. The zero-order valence-electron chi connectivity index (χ0n) is 21.8. The van der Waals surface area contributed by atoms with E-state index in [2.05, 4.69) is 29.7 Å². The molecule has 0 saturated carbocycles. The highest BCUT2D eigenvalue weighted by Gasteiger charge is 2.20. The first-order valence-corrected chi connectivity index (χ1v) is 12.3. The fourth-order valence-corrected chi connectivity index (χ4v) is 3.97. The minimum Gasteiger partial charge on any atom is -0.454 e.